The number of carbonyl (C=O) groups excluding carboxylic acids is 1. The van der Waals surface area contributed by atoms with Crippen molar-refractivity contribution in [2.45, 2.75) is 37.6 Å². The Kier molecular flexibility index (Phi) is 8.13. The molecular weight excluding hydrogens is 442 g/mol. The van der Waals surface area contributed by atoms with Crippen molar-refractivity contribution in [3.8, 4) is 5.75 Å². The van der Waals surface area contributed by atoms with Crippen LogP contribution in [0.1, 0.15) is 31.2 Å². The van der Waals surface area contributed by atoms with Crippen molar-refractivity contribution >= 4 is 5.91 Å². The Morgan fingerprint density at radius 1 is 1.09 bits per heavy atom. The number of nitrogens with zero attached hydrogens (tertiary/aromatic N) is 2. The summed E-state index contributed by atoms with van der Waals surface area (Å²) in [6.45, 7) is 3.23. The van der Waals surface area contributed by atoms with Gasteiger partial charge in [0.2, 0.25) is 5.91 Å². The van der Waals surface area contributed by atoms with E-state index in [1.165, 1.54) is 18.2 Å². The van der Waals surface area contributed by atoms with Crippen LogP contribution >= 0.6 is 0 Å². The first-order valence-electron chi connectivity index (χ1n) is 11.9. The summed E-state index contributed by atoms with van der Waals surface area (Å²) < 4.78 is 44.7. The number of hydrogen-bond acceptors (Lipinski definition) is 5. The van der Waals surface area contributed by atoms with Crippen LogP contribution in [0.2, 0.25) is 0 Å². The highest BCUT2D eigenvalue weighted by Gasteiger charge is 2.38. The largest absolute Gasteiger partial charge is 0.487 e. The van der Waals surface area contributed by atoms with Crippen LogP contribution in [0.5, 0.6) is 5.75 Å². The summed E-state index contributed by atoms with van der Waals surface area (Å²) in [5.41, 5.74) is 0.811. The smallest absolute Gasteiger partial charge is 0.236 e. The number of halogens is 2. The molecule has 2 aliphatic rings. The lowest BCUT2D eigenvalue weighted by Gasteiger charge is -2.33. The van der Waals surface area contributed by atoms with Gasteiger partial charge in [-0.3, -0.25) is 9.69 Å². The number of piperidine rings is 1. The normalized spacial score (nSPS) is 18.4. The molecule has 34 heavy (non-hydrogen) atoms. The first kappa shape index (κ1) is 24.6. The van der Waals surface area contributed by atoms with Gasteiger partial charge in [-0.05, 0) is 44.3 Å². The van der Waals surface area contributed by atoms with Crippen molar-refractivity contribution in [1.29, 1.82) is 0 Å². The van der Waals surface area contributed by atoms with Crippen molar-refractivity contribution < 1.29 is 27.8 Å². The molecule has 6 nitrogen and oxygen atoms in total. The molecule has 0 unspecified atom stereocenters. The molecule has 0 radical (unpaired) electrons. The van der Waals surface area contributed by atoms with Crippen LogP contribution in [0.25, 0.3) is 0 Å². The van der Waals surface area contributed by atoms with Crippen molar-refractivity contribution in [3.63, 3.8) is 0 Å². The molecule has 184 valence electrons. The Bertz CT molecular complexity index is 942. The molecule has 2 saturated heterocycles. The van der Waals surface area contributed by atoms with E-state index in [4.69, 9.17) is 14.2 Å². The van der Waals surface area contributed by atoms with Crippen molar-refractivity contribution in [3.05, 3.63) is 65.7 Å². The average Bonchev–Trinajstić information content (AvgIpc) is 3.31. The number of hydrogen-bond donors (Lipinski definition) is 0. The van der Waals surface area contributed by atoms with Crippen molar-refractivity contribution in [2.75, 3.05) is 46.4 Å². The highest BCUT2D eigenvalue weighted by Crippen LogP contribution is 2.36. The Labute approximate surface area is 199 Å². The number of carbonyl (C=O) groups is 1. The Hall–Kier alpha value is -2.55. The van der Waals surface area contributed by atoms with E-state index in [1.54, 1.807) is 30.3 Å². The molecule has 4 rings (SSSR count). The maximum atomic E-state index is 13.8. The number of likely N-dealkylation sites (tertiary alicyclic amines) is 1. The quantitative estimate of drug-likeness (QED) is 0.551. The number of para-hydroxylation sites is 1. The second-order valence-electron chi connectivity index (χ2n) is 8.93. The van der Waals surface area contributed by atoms with E-state index in [-0.39, 0.29) is 29.4 Å². The van der Waals surface area contributed by atoms with Gasteiger partial charge in [0.05, 0.1) is 19.8 Å². The van der Waals surface area contributed by atoms with E-state index in [0.717, 1.165) is 12.0 Å². The van der Waals surface area contributed by atoms with Crippen LogP contribution < -0.4 is 4.74 Å². The van der Waals surface area contributed by atoms with Gasteiger partial charge in [-0.2, -0.15) is 0 Å². The summed E-state index contributed by atoms with van der Waals surface area (Å²) in [5, 5.41) is 0. The van der Waals surface area contributed by atoms with Gasteiger partial charge in [0.25, 0.3) is 0 Å². The molecule has 0 aromatic heterocycles. The van der Waals surface area contributed by atoms with Crippen LogP contribution in [0.3, 0.4) is 0 Å². The van der Waals surface area contributed by atoms with E-state index >= 15 is 0 Å². The van der Waals surface area contributed by atoms with E-state index in [1.807, 2.05) is 16.8 Å². The van der Waals surface area contributed by atoms with E-state index in [2.05, 4.69) is 0 Å². The highest BCUT2D eigenvalue weighted by molar-refractivity contribution is 5.78. The van der Waals surface area contributed by atoms with Crippen LogP contribution in [0.4, 0.5) is 8.78 Å². The Morgan fingerprint density at radius 2 is 1.76 bits per heavy atom. The minimum Gasteiger partial charge on any atom is -0.487 e. The number of likely N-dealkylation sites (N-methyl/N-ethyl adjacent to an activating group) is 1. The lowest BCUT2D eigenvalue weighted by molar-refractivity contribution is -0.172. The first-order chi connectivity index (χ1) is 16.4. The Balaban J connectivity index is 1.20. The molecule has 2 aromatic rings. The first-order valence-corrected chi connectivity index (χ1v) is 11.9. The zero-order valence-corrected chi connectivity index (χ0v) is 19.6. The van der Waals surface area contributed by atoms with Gasteiger partial charge in [-0.25, -0.2) is 8.78 Å². The zero-order valence-electron chi connectivity index (χ0n) is 19.6. The molecule has 0 spiro atoms. The van der Waals surface area contributed by atoms with Crippen LogP contribution in [0.15, 0.2) is 48.5 Å². The second-order valence-corrected chi connectivity index (χ2v) is 8.93. The third-order valence-corrected chi connectivity index (χ3v) is 6.41. The average molecular weight is 475 g/mol. The molecular formula is C26H32F2N2O4. The summed E-state index contributed by atoms with van der Waals surface area (Å²) in [7, 11) is 1.92. The van der Waals surface area contributed by atoms with E-state index < -0.39 is 5.79 Å². The summed E-state index contributed by atoms with van der Waals surface area (Å²) in [6, 6.07) is 12.6. The van der Waals surface area contributed by atoms with Crippen LogP contribution in [-0.2, 0) is 20.1 Å². The third kappa shape index (κ3) is 6.11. The van der Waals surface area contributed by atoms with Gasteiger partial charge >= 0.3 is 0 Å². The summed E-state index contributed by atoms with van der Waals surface area (Å²) in [4.78, 5) is 16.6. The van der Waals surface area contributed by atoms with Gasteiger partial charge in [-0.15, -0.1) is 0 Å². The predicted octanol–water partition coefficient (Wildman–Crippen LogP) is 3.95. The molecule has 0 N–H and O–H groups in total. The number of amides is 1. The predicted molar refractivity (Wildman–Crippen MR) is 123 cm³/mol. The lowest BCUT2D eigenvalue weighted by atomic mass is 10.0. The number of ether oxygens (including phenoxy) is 3. The van der Waals surface area contributed by atoms with Crippen LogP contribution in [-0.4, -0.2) is 68.3 Å². The molecule has 0 saturated carbocycles. The molecule has 2 heterocycles. The van der Waals surface area contributed by atoms with Gasteiger partial charge in [0.1, 0.15) is 11.9 Å². The lowest BCUT2D eigenvalue weighted by Crippen LogP contribution is -2.45. The van der Waals surface area contributed by atoms with E-state index in [9.17, 15) is 13.6 Å². The maximum Gasteiger partial charge on any atom is 0.236 e. The minimum atomic E-state index is -0.849. The molecule has 2 fully saturated rings. The SMILES string of the molecule is CN(CCCC1(c2ccc(F)cc2)OCCO1)CC(=O)N1CCC(Oc2ccccc2F)CC1. The highest BCUT2D eigenvalue weighted by atomic mass is 19.1. The third-order valence-electron chi connectivity index (χ3n) is 6.41. The monoisotopic (exact) mass is 474 g/mol. The minimum absolute atomic E-state index is 0.0773. The standard InChI is InChI=1S/C26H32F2N2O4/c1-29(14-4-13-26(32-17-18-33-26)20-7-9-21(27)10-8-20)19-25(31)30-15-11-22(12-16-30)34-24-6-3-2-5-23(24)28/h2-3,5-10,22H,4,11-19H2,1H3. The zero-order chi connectivity index (χ0) is 24.0. The van der Waals surface area contributed by atoms with Gasteiger partial charge in [0.15, 0.2) is 17.4 Å². The second kappa shape index (κ2) is 11.3. The summed E-state index contributed by atoms with van der Waals surface area (Å²) in [5.74, 6) is -1.16. The molecule has 0 aliphatic carbocycles. The van der Waals surface area contributed by atoms with Gasteiger partial charge in [0, 0.05) is 37.9 Å². The van der Waals surface area contributed by atoms with Crippen molar-refractivity contribution in [1.82, 2.24) is 9.80 Å². The fraction of sp³-hybridized carbons (Fsp3) is 0.500. The number of benzene rings is 2. The molecule has 2 aromatic carbocycles. The Morgan fingerprint density at radius 3 is 2.44 bits per heavy atom. The fourth-order valence-electron chi connectivity index (χ4n) is 4.55. The van der Waals surface area contributed by atoms with Crippen molar-refractivity contribution in [2.24, 2.45) is 0 Å². The molecule has 8 heteroatoms. The van der Waals surface area contributed by atoms with Gasteiger partial charge in [-0.1, -0.05) is 24.3 Å². The molecule has 2 aliphatic heterocycles. The van der Waals surface area contributed by atoms with Gasteiger partial charge < -0.3 is 19.1 Å². The number of rotatable bonds is 9. The molecule has 0 atom stereocenters. The van der Waals surface area contributed by atoms with E-state index in [0.29, 0.717) is 58.7 Å². The fourth-order valence-corrected chi connectivity index (χ4v) is 4.55. The summed E-state index contributed by atoms with van der Waals surface area (Å²) >= 11 is 0. The molecule has 1 amide bonds. The maximum absolute atomic E-state index is 13.8. The molecule has 0 bridgehead atoms. The summed E-state index contributed by atoms with van der Waals surface area (Å²) in [6.07, 6.45) is 2.65. The van der Waals surface area contributed by atoms with Crippen LogP contribution in [0, 0.1) is 11.6 Å². The topological polar surface area (TPSA) is 51.2 Å².